The van der Waals surface area contributed by atoms with E-state index < -0.39 is 0 Å². The second-order valence-electron chi connectivity index (χ2n) is 6.37. The third-order valence-electron chi connectivity index (χ3n) is 4.74. The van der Waals surface area contributed by atoms with Crippen LogP contribution in [-0.4, -0.2) is 19.0 Å². The van der Waals surface area contributed by atoms with Crippen molar-refractivity contribution in [1.29, 1.82) is 0 Å². The van der Waals surface area contributed by atoms with Gasteiger partial charge in [0.05, 0.1) is 5.54 Å². The van der Waals surface area contributed by atoms with Crippen LogP contribution in [-0.2, 0) is 10.3 Å². The SMILES string of the molecule is O=C(CCC1CCNCC1)NC1(c2cccc(F)c2)CC1. The van der Waals surface area contributed by atoms with Crippen LogP contribution < -0.4 is 10.6 Å². The minimum absolute atomic E-state index is 0.107. The molecule has 0 atom stereocenters. The molecule has 1 aliphatic carbocycles. The first-order valence-electron chi connectivity index (χ1n) is 7.96. The van der Waals surface area contributed by atoms with Gasteiger partial charge >= 0.3 is 0 Å². The summed E-state index contributed by atoms with van der Waals surface area (Å²) >= 11 is 0. The highest BCUT2D eigenvalue weighted by Gasteiger charge is 2.45. The van der Waals surface area contributed by atoms with Crippen molar-refractivity contribution in [1.82, 2.24) is 10.6 Å². The molecule has 21 heavy (non-hydrogen) atoms. The summed E-state index contributed by atoms with van der Waals surface area (Å²) in [6.45, 7) is 2.14. The maximum absolute atomic E-state index is 13.3. The van der Waals surface area contributed by atoms with Gasteiger partial charge < -0.3 is 10.6 Å². The van der Waals surface area contributed by atoms with Crippen LogP contribution in [0.1, 0.15) is 44.1 Å². The topological polar surface area (TPSA) is 41.1 Å². The molecule has 0 aromatic heterocycles. The fraction of sp³-hybridized carbons (Fsp3) is 0.588. The number of benzene rings is 1. The van der Waals surface area contributed by atoms with Crippen LogP contribution >= 0.6 is 0 Å². The molecule has 1 aromatic carbocycles. The van der Waals surface area contributed by atoms with E-state index >= 15 is 0 Å². The Morgan fingerprint density at radius 3 is 2.76 bits per heavy atom. The monoisotopic (exact) mass is 290 g/mol. The lowest BCUT2D eigenvalue weighted by Crippen LogP contribution is -2.35. The van der Waals surface area contributed by atoms with Gasteiger partial charge in [0.1, 0.15) is 5.82 Å². The van der Waals surface area contributed by atoms with Crippen LogP contribution in [0.5, 0.6) is 0 Å². The zero-order chi connectivity index (χ0) is 14.7. The second-order valence-corrected chi connectivity index (χ2v) is 6.37. The quantitative estimate of drug-likeness (QED) is 0.875. The van der Waals surface area contributed by atoms with Gasteiger partial charge in [-0.1, -0.05) is 12.1 Å². The summed E-state index contributed by atoms with van der Waals surface area (Å²) in [5.41, 5.74) is 0.602. The van der Waals surface area contributed by atoms with Crippen molar-refractivity contribution in [2.75, 3.05) is 13.1 Å². The van der Waals surface area contributed by atoms with E-state index in [1.54, 1.807) is 12.1 Å². The summed E-state index contributed by atoms with van der Waals surface area (Å²) in [4.78, 5) is 12.2. The predicted molar refractivity (Wildman–Crippen MR) is 80.3 cm³/mol. The van der Waals surface area contributed by atoms with E-state index in [0.717, 1.165) is 37.9 Å². The Kier molecular flexibility index (Phi) is 4.24. The van der Waals surface area contributed by atoms with E-state index in [-0.39, 0.29) is 17.3 Å². The summed E-state index contributed by atoms with van der Waals surface area (Å²) in [5.74, 6) is 0.541. The Labute approximate surface area is 125 Å². The van der Waals surface area contributed by atoms with Gasteiger partial charge in [-0.2, -0.15) is 0 Å². The first kappa shape index (κ1) is 14.5. The van der Waals surface area contributed by atoms with Crippen molar-refractivity contribution in [3.05, 3.63) is 35.6 Å². The number of hydrogen-bond acceptors (Lipinski definition) is 2. The summed E-state index contributed by atoms with van der Waals surface area (Å²) in [6.07, 6.45) is 5.71. The molecule has 2 N–H and O–H groups in total. The summed E-state index contributed by atoms with van der Waals surface area (Å²) in [5, 5.41) is 6.47. The highest BCUT2D eigenvalue weighted by atomic mass is 19.1. The number of halogens is 1. The maximum atomic E-state index is 13.3. The van der Waals surface area contributed by atoms with Crippen molar-refractivity contribution in [2.45, 2.75) is 44.1 Å². The predicted octanol–water partition coefficient (Wildman–Crippen LogP) is 2.71. The molecule has 2 aliphatic rings. The molecule has 3 rings (SSSR count). The molecule has 1 saturated carbocycles. The third kappa shape index (κ3) is 3.62. The number of amides is 1. The number of rotatable bonds is 5. The van der Waals surface area contributed by atoms with Crippen molar-refractivity contribution in [2.24, 2.45) is 5.92 Å². The van der Waals surface area contributed by atoms with Crippen LogP contribution in [0.4, 0.5) is 4.39 Å². The molecule has 1 heterocycles. The Bertz CT molecular complexity index is 507. The third-order valence-corrected chi connectivity index (χ3v) is 4.74. The van der Waals surface area contributed by atoms with Gasteiger partial charge in [-0.15, -0.1) is 0 Å². The molecule has 0 spiro atoms. The highest BCUT2D eigenvalue weighted by Crippen LogP contribution is 2.45. The van der Waals surface area contributed by atoms with Crippen molar-refractivity contribution >= 4 is 5.91 Å². The normalized spacial score (nSPS) is 21.0. The minimum Gasteiger partial charge on any atom is -0.347 e. The number of hydrogen-bond donors (Lipinski definition) is 2. The molecule has 114 valence electrons. The standard InChI is InChI=1S/C17H23FN2O/c18-15-3-1-2-14(12-15)17(8-9-17)20-16(21)5-4-13-6-10-19-11-7-13/h1-3,12-13,19H,4-11H2,(H,20,21). The summed E-state index contributed by atoms with van der Waals surface area (Å²) in [6, 6.07) is 6.60. The zero-order valence-electron chi connectivity index (χ0n) is 12.3. The van der Waals surface area contributed by atoms with Gasteiger partial charge in [-0.3, -0.25) is 4.79 Å². The summed E-state index contributed by atoms with van der Waals surface area (Å²) in [7, 11) is 0. The average Bonchev–Trinajstić information content (AvgIpc) is 3.27. The molecular formula is C17H23FN2O. The zero-order valence-corrected chi connectivity index (χ0v) is 12.3. The number of carbonyl (C=O) groups excluding carboxylic acids is 1. The van der Waals surface area contributed by atoms with Crippen LogP contribution in [0.2, 0.25) is 0 Å². The summed E-state index contributed by atoms with van der Waals surface area (Å²) < 4.78 is 13.3. The lowest BCUT2D eigenvalue weighted by molar-refractivity contribution is -0.122. The highest BCUT2D eigenvalue weighted by molar-refractivity contribution is 5.77. The average molecular weight is 290 g/mol. The number of nitrogens with one attached hydrogen (secondary N) is 2. The molecule has 3 nitrogen and oxygen atoms in total. The van der Waals surface area contributed by atoms with Crippen molar-refractivity contribution in [3.63, 3.8) is 0 Å². The van der Waals surface area contributed by atoms with E-state index in [4.69, 9.17) is 0 Å². The second kappa shape index (κ2) is 6.14. The first-order valence-corrected chi connectivity index (χ1v) is 7.96. The lowest BCUT2D eigenvalue weighted by Gasteiger charge is -2.23. The fourth-order valence-electron chi connectivity index (χ4n) is 3.23. The molecule has 1 amide bonds. The Balaban J connectivity index is 1.52. The molecular weight excluding hydrogens is 267 g/mol. The van der Waals surface area contributed by atoms with Gasteiger partial charge in [-0.25, -0.2) is 4.39 Å². The Morgan fingerprint density at radius 1 is 1.33 bits per heavy atom. The largest absolute Gasteiger partial charge is 0.347 e. The van der Waals surface area contributed by atoms with Gasteiger partial charge in [0.15, 0.2) is 0 Å². The van der Waals surface area contributed by atoms with Crippen LogP contribution in [0.15, 0.2) is 24.3 Å². The van der Waals surface area contributed by atoms with Gasteiger partial charge in [0.25, 0.3) is 0 Å². The van der Waals surface area contributed by atoms with E-state index in [1.807, 2.05) is 6.07 Å². The first-order chi connectivity index (χ1) is 10.2. The molecule has 1 aromatic rings. The molecule has 0 bridgehead atoms. The molecule has 0 radical (unpaired) electrons. The molecule has 0 unspecified atom stereocenters. The molecule has 1 aliphatic heterocycles. The van der Waals surface area contributed by atoms with Crippen LogP contribution in [0, 0.1) is 11.7 Å². The smallest absolute Gasteiger partial charge is 0.220 e. The minimum atomic E-state index is -0.298. The van der Waals surface area contributed by atoms with Gasteiger partial charge in [0, 0.05) is 6.42 Å². The van der Waals surface area contributed by atoms with E-state index in [9.17, 15) is 9.18 Å². The van der Waals surface area contributed by atoms with Crippen LogP contribution in [0.3, 0.4) is 0 Å². The van der Waals surface area contributed by atoms with Gasteiger partial charge in [0.2, 0.25) is 5.91 Å². The molecule has 1 saturated heterocycles. The Hall–Kier alpha value is -1.42. The fourth-order valence-corrected chi connectivity index (χ4v) is 3.23. The maximum Gasteiger partial charge on any atom is 0.220 e. The van der Waals surface area contributed by atoms with Crippen molar-refractivity contribution in [3.8, 4) is 0 Å². The van der Waals surface area contributed by atoms with Crippen LogP contribution in [0.25, 0.3) is 0 Å². The number of piperidine rings is 1. The lowest BCUT2D eigenvalue weighted by atomic mass is 9.93. The van der Waals surface area contributed by atoms with Crippen molar-refractivity contribution < 1.29 is 9.18 Å². The van der Waals surface area contributed by atoms with E-state index in [2.05, 4.69) is 10.6 Å². The van der Waals surface area contributed by atoms with E-state index in [1.165, 1.54) is 18.9 Å². The Morgan fingerprint density at radius 2 is 2.10 bits per heavy atom. The van der Waals surface area contributed by atoms with Gasteiger partial charge in [-0.05, 0) is 68.8 Å². The molecule has 2 fully saturated rings. The number of carbonyl (C=O) groups is 1. The molecule has 4 heteroatoms. The van der Waals surface area contributed by atoms with E-state index in [0.29, 0.717) is 12.3 Å².